The lowest BCUT2D eigenvalue weighted by Crippen LogP contribution is -2.08. The van der Waals surface area contributed by atoms with E-state index >= 15 is 0 Å². The van der Waals surface area contributed by atoms with Crippen LogP contribution in [0.1, 0.15) is 43.6 Å². The lowest BCUT2D eigenvalue weighted by atomic mass is 10.1. The molecule has 0 saturated carbocycles. The van der Waals surface area contributed by atoms with E-state index < -0.39 is 5.97 Å². The molecule has 0 amide bonds. The Kier molecular flexibility index (Phi) is 5.14. The maximum absolute atomic E-state index is 11.2. The molecule has 21 heavy (non-hydrogen) atoms. The molecule has 0 spiro atoms. The van der Waals surface area contributed by atoms with Crippen molar-refractivity contribution in [3.05, 3.63) is 36.0 Å². The van der Waals surface area contributed by atoms with Gasteiger partial charge in [0.2, 0.25) is 0 Å². The Hall–Kier alpha value is -2.10. The Morgan fingerprint density at radius 2 is 2.05 bits per heavy atom. The maximum Gasteiger partial charge on any atom is 0.354 e. The number of hydrogen-bond donors (Lipinski definition) is 2. The van der Waals surface area contributed by atoms with Crippen molar-refractivity contribution in [1.29, 1.82) is 0 Å². The van der Waals surface area contributed by atoms with Crippen molar-refractivity contribution in [1.82, 2.24) is 4.98 Å². The number of anilines is 1. The monoisotopic (exact) mass is 286 g/mol. The first-order valence-corrected chi connectivity index (χ1v) is 7.45. The molecule has 0 aliphatic heterocycles. The zero-order valence-corrected chi connectivity index (χ0v) is 12.6. The number of carboxylic acids is 1. The summed E-state index contributed by atoms with van der Waals surface area (Å²) >= 11 is 0. The van der Waals surface area contributed by atoms with Crippen molar-refractivity contribution in [2.24, 2.45) is 5.92 Å². The minimum atomic E-state index is -0.997. The van der Waals surface area contributed by atoms with Crippen LogP contribution in [0.15, 0.2) is 30.3 Å². The highest BCUT2D eigenvalue weighted by Crippen LogP contribution is 2.22. The number of rotatable bonds is 7. The highest BCUT2D eigenvalue weighted by atomic mass is 16.4. The molecule has 0 atom stereocenters. The van der Waals surface area contributed by atoms with Crippen LogP contribution < -0.4 is 5.32 Å². The zero-order chi connectivity index (χ0) is 15.2. The average molecular weight is 286 g/mol. The topological polar surface area (TPSA) is 62.2 Å². The molecule has 2 aromatic rings. The van der Waals surface area contributed by atoms with Crippen molar-refractivity contribution in [2.75, 3.05) is 11.9 Å². The van der Waals surface area contributed by atoms with Crippen LogP contribution >= 0.6 is 0 Å². The van der Waals surface area contributed by atoms with Crippen molar-refractivity contribution >= 4 is 22.6 Å². The molecule has 4 heteroatoms. The molecule has 4 nitrogen and oxygen atoms in total. The van der Waals surface area contributed by atoms with E-state index in [1.165, 1.54) is 12.8 Å². The molecule has 0 radical (unpaired) electrons. The highest BCUT2D eigenvalue weighted by molar-refractivity contribution is 5.97. The lowest BCUT2D eigenvalue weighted by molar-refractivity contribution is 0.0691. The molecular formula is C17H22N2O2. The van der Waals surface area contributed by atoms with Gasteiger partial charge in [-0.05, 0) is 23.8 Å². The molecule has 2 N–H and O–H groups in total. The number of aromatic carboxylic acids is 1. The van der Waals surface area contributed by atoms with Gasteiger partial charge in [-0.15, -0.1) is 0 Å². The van der Waals surface area contributed by atoms with Crippen molar-refractivity contribution in [2.45, 2.75) is 33.1 Å². The molecule has 1 heterocycles. The van der Waals surface area contributed by atoms with Crippen LogP contribution in [0.25, 0.3) is 10.8 Å². The van der Waals surface area contributed by atoms with Gasteiger partial charge in [-0.25, -0.2) is 9.78 Å². The number of carbonyl (C=O) groups is 1. The van der Waals surface area contributed by atoms with Gasteiger partial charge in [-0.3, -0.25) is 0 Å². The van der Waals surface area contributed by atoms with Gasteiger partial charge >= 0.3 is 5.97 Å². The van der Waals surface area contributed by atoms with E-state index in [1.54, 1.807) is 6.07 Å². The van der Waals surface area contributed by atoms with Crippen LogP contribution in [0.3, 0.4) is 0 Å². The first kappa shape index (κ1) is 15.3. The molecule has 0 aliphatic rings. The van der Waals surface area contributed by atoms with Crippen LogP contribution in [-0.2, 0) is 0 Å². The van der Waals surface area contributed by atoms with E-state index in [4.69, 9.17) is 5.11 Å². The van der Waals surface area contributed by atoms with Gasteiger partial charge in [-0.1, -0.05) is 51.0 Å². The number of fused-ring (bicyclic) bond motifs is 1. The second-order valence-corrected chi connectivity index (χ2v) is 5.70. The molecule has 1 aromatic carbocycles. The molecule has 0 fully saturated rings. The highest BCUT2D eigenvalue weighted by Gasteiger charge is 2.10. The van der Waals surface area contributed by atoms with Crippen LogP contribution in [-0.4, -0.2) is 22.6 Å². The van der Waals surface area contributed by atoms with Gasteiger partial charge in [-0.2, -0.15) is 0 Å². The minimum Gasteiger partial charge on any atom is -0.477 e. The second-order valence-electron chi connectivity index (χ2n) is 5.70. The molecule has 2 rings (SSSR count). The van der Waals surface area contributed by atoms with Crippen LogP contribution in [0.5, 0.6) is 0 Å². The summed E-state index contributed by atoms with van der Waals surface area (Å²) in [5, 5.41) is 14.3. The molecule has 0 unspecified atom stereocenters. The third-order valence-corrected chi connectivity index (χ3v) is 3.46. The van der Waals surface area contributed by atoms with Crippen LogP contribution in [0.2, 0.25) is 0 Å². The van der Waals surface area contributed by atoms with Gasteiger partial charge in [0, 0.05) is 11.9 Å². The van der Waals surface area contributed by atoms with E-state index in [0.29, 0.717) is 5.82 Å². The quantitative estimate of drug-likeness (QED) is 0.750. The number of aromatic nitrogens is 1. The van der Waals surface area contributed by atoms with E-state index in [2.05, 4.69) is 24.1 Å². The van der Waals surface area contributed by atoms with E-state index in [0.717, 1.165) is 29.7 Å². The smallest absolute Gasteiger partial charge is 0.354 e. The molecule has 0 saturated heterocycles. The summed E-state index contributed by atoms with van der Waals surface area (Å²) in [5.74, 6) is 0.387. The number of benzene rings is 1. The molecular weight excluding hydrogens is 264 g/mol. The first-order chi connectivity index (χ1) is 10.1. The van der Waals surface area contributed by atoms with Crippen LogP contribution in [0.4, 0.5) is 5.82 Å². The number of nitrogens with zero attached hydrogens (tertiary/aromatic N) is 1. The van der Waals surface area contributed by atoms with Gasteiger partial charge < -0.3 is 10.4 Å². The number of pyridine rings is 1. The third-order valence-electron chi connectivity index (χ3n) is 3.46. The number of nitrogens with one attached hydrogen (secondary N) is 1. The summed E-state index contributed by atoms with van der Waals surface area (Å²) in [7, 11) is 0. The van der Waals surface area contributed by atoms with Gasteiger partial charge in [0.1, 0.15) is 5.82 Å². The van der Waals surface area contributed by atoms with Gasteiger partial charge in [0.05, 0.1) is 0 Å². The number of carboxylic acid groups (broad SMARTS) is 1. The van der Waals surface area contributed by atoms with Crippen molar-refractivity contribution in [3.8, 4) is 0 Å². The molecule has 0 bridgehead atoms. The summed E-state index contributed by atoms with van der Waals surface area (Å²) in [6.07, 6.45) is 3.44. The summed E-state index contributed by atoms with van der Waals surface area (Å²) in [5.41, 5.74) is 0.0818. The number of hydrogen-bond acceptors (Lipinski definition) is 3. The fourth-order valence-corrected chi connectivity index (χ4v) is 2.33. The van der Waals surface area contributed by atoms with Crippen molar-refractivity contribution < 1.29 is 9.90 Å². The largest absolute Gasteiger partial charge is 0.477 e. The summed E-state index contributed by atoms with van der Waals surface area (Å²) in [4.78, 5) is 15.4. The Balaban J connectivity index is 2.12. The predicted molar refractivity (Wildman–Crippen MR) is 85.9 cm³/mol. The Bertz CT molecular complexity index is 623. The minimum absolute atomic E-state index is 0.0818. The first-order valence-electron chi connectivity index (χ1n) is 7.45. The normalized spacial score (nSPS) is 11.0. The fraction of sp³-hybridized carbons (Fsp3) is 0.412. The Morgan fingerprint density at radius 1 is 1.29 bits per heavy atom. The molecule has 0 aliphatic carbocycles. The van der Waals surface area contributed by atoms with E-state index in [9.17, 15) is 4.79 Å². The Morgan fingerprint density at radius 3 is 2.76 bits per heavy atom. The van der Waals surface area contributed by atoms with E-state index in [1.807, 2.05) is 24.3 Å². The predicted octanol–water partition coefficient (Wildman–Crippen LogP) is 4.17. The molecule has 1 aromatic heterocycles. The SMILES string of the molecule is CC(C)CCCCNc1nc(C(=O)O)cc2ccccc12. The summed E-state index contributed by atoms with van der Waals surface area (Å²) in [6, 6.07) is 9.33. The maximum atomic E-state index is 11.2. The third kappa shape index (κ3) is 4.18. The summed E-state index contributed by atoms with van der Waals surface area (Å²) in [6.45, 7) is 5.25. The average Bonchev–Trinajstić information content (AvgIpc) is 2.46. The lowest BCUT2D eigenvalue weighted by Gasteiger charge is -2.10. The van der Waals surface area contributed by atoms with E-state index in [-0.39, 0.29) is 5.69 Å². The van der Waals surface area contributed by atoms with Crippen molar-refractivity contribution in [3.63, 3.8) is 0 Å². The fourth-order valence-electron chi connectivity index (χ4n) is 2.33. The Labute approximate surface area is 125 Å². The standard InChI is InChI=1S/C17H22N2O2/c1-12(2)7-5-6-10-18-16-14-9-4-3-8-13(14)11-15(19-16)17(20)21/h3-4,8-9,11-12H,5-7,10H2,1-2H3,(H,18,19)(H,20,21). The summed E-state index contributed by atoms with van der Waals surface area (Å²) < 4.78 is 0. The van der Waals surface area contributed by atoms with Crippen LogP contribution in [0, 0.1) is 5.92 Å². The zero-order valence-electron chi connectivity index (χ0n) is 12.6. The second kappa shape index (κ2) is 7.07. The van der Waals surface area contributed by atoms with Gasteiger partial charge in [0.25, 0.3) is 0 Å². The molecule has 112 valence electrons. The van der Waals surface area contributed by atoms with Gasteiger partial charge in [0.15, 0.2) is 5.69 Å². The number of unbranched alkanes of at least 4 members (excludes halogenated alkanes) is 1.